The number of rotatable bonds is 5. The van der Waals surface area contributed by atoms with Crippen LogP contribution < -0.4 is 15.8 Å². The average Bonchev–Trinajstić information content (AvgIpc) is 2.25. The van der Waals surface area contributed by atoms with E-state index in [0.29, 0.717) is 11.0 Å². The molecule has 1 aliphatic carbocycles. The molecule has 0 bridgehead atoms. The maximum atomic E-state index is 5.76. The summed E-state index contributed by atoms with van der Waals surface area (Å²) < 4.78 is 5.25. The summed E-state index contributed by atoms with van der Waals surface area (Å²) in [6.45, 7) is 2.21. The molecular formula is C14H20N2OS. The van der Waals surface area contributed by atoms with Crippen LogP contribution in [0.2, 0.25) is 0 Å². The van der Waals surface area contributed by atoms with Gasteiger partial charge in [-0.3, -0.25) is 0 Å². The maximum Gasteiger partial charge on any atom is 0.120 e. The summed E-state index contributed by atoms with van der Waals surface area (Å²) in [7, 11) is 1.66. The van der Waals surface area contributed by atoms with Crippen LogP contribution >= 0.6 is 12.2 Å². The lowest BCUT2D eigenvalue weighted by molar-refractivity contribution is 0.285. The molecule has 0 saturated heterocycles. The lowest BCUT2D eigenvalue weighted by Gasteiger charge is -2.33. The van der Waals surface area contributed by atoms with Gasteiger partial charge in [0.25, 0.3) is 0 Å². The number of benzene rings is 1. The third-order valence-electron chi connectivity index (χ3n) is 3.73. The van der Waals surface area contributed by atoms with Crippen molar-refractivity contribution in [1.82, 2.24) is 0 Å². The Morgan fingerprint density at radius 2 is 2.22 bits per heavy atom. The summed E-state index contributed by atoms with van der Waals surface area (Å²) in [6.07, 6.45) is 3.96. The van der Waals surface area contributed by atoms with Crippen molar-refractivity contribution in [2.24, 2.45) is 11.7 Å². The predicted octanol–water partition coefficient (Wildman–Crippen LogP) is 2.93. The smallest absolute Gasteiger partial charge is 0.120 e. The summed E-state index contributed by atoms with van der Waals surface area (Å²) >= 11 is 5.09. The van der Waals surface area contributed by atoms with E-state index in [0.717, 1.165) is 22.9 Å². The van der Waals surface area contributed by atoms with Crippen LogP contribution in [-0.4, -0.2) is 18.1 Å². The molecule has 3 nitrogen and oxygen atoms in total. The molecule has 0 radical (unpaired) electrons. The first kappa shape index (κ1) is 13.1. The summed E-state index contributed by atoms with van der Waals surface area (Å²) in [6, 6.07) is 6.20. The van der Waals surface area contributed by atoms with Crippen molar-refractivity contribution < 1.29 is 4.74 Å². The molecule has 1 aromatic rings. The largest absolute Gasteiger partial charge is 0.497 e. The molecule has 1 aromatic carbocycles. The van der Waals surface area contributed by atoms with Gasteiger partial charge in [0.2, 0.25) is 0 Å². The van der Waals surface area contributed by atoms with E-state index in [1.807, 2.05) is 18.2 Å². The van der Waals surface area contributed by atoms with Crippen LogP contribution in [0.15, 0.2) is 18.2 Å². The summed E-state index contributed by atoms with van der Waals surface area (Å²) in [5.41, 5.74) is 7.61. The second-order valence-electron chi connectivity index (χ2n) is 4.90. The Morgan fingerprint density at radius 3 is 2.72 bits per heavy atom. The van der Waals surface area contributed by atoms with Crippen molar-refractivity contribution in [2.75, 3.05) is 12.4 Å². The second kappa shape index (κ2) is 5.57. The van der Waals surface area contributed by atoms with Crippen molar-refractivity contribution in [1.29, 1.82) is 0 Å². The Balaban J connectivity index is 2.19. The van der Waals surface area contributed by atoms with Crippen LogP contribution in [-0.2, 0) is 0 Å². The number of nitrogens with two attached hydrogens (primary N) is 1. The minimum absolute atomic E-state index is 0.418. The van der Waals surface area contributed by atoms with Crippen LogP contribution in [0.1, 0.15) is 31.7 Å². The Hall–Kier alpha value is -1.29. The van der Waals surface area contributed by atoms with E-state index in [9.17, 15) is 0 Å². The number of hydrogen-bond acceptors (Lipinski definition) is 3. The molecule has 0 aromatic heterocycles. The van der Waals surface area contributed by atoms with Gasteiger partial charge < -0.3 is 15.8 Å². The van der Waals surface area contributed by atoms with E-state index in [4.69, 9.17) is 22.7 Å². The van der Waals surface area contributed by atoms with Gasteiger partial charge in [-0.15, -0.1) is 0 Å². The zero-order valence-electron chi connectivity index (χ0n) is 10.9. The van der Waals surface area contributed by atoms with E-state index in [1.165, 1.54) is 19.3 Å². The van der Waals surface area contributed by atoms with Gasteiger partial charge in [0, 0.05) is 23.4 Å². The van der Waals surface area contributed by atoms with Crippen LogP contribution in [0.5, 0.6) is 5.75 Å². The molecule has 2 rings (SSSR count). The molecular weight excluding hydrogens is 244 g/mol. The van der Waals surface area contributed by atoms with Crippen molar-refractivity contribution in [2.45, 2.75) is 32.2 Å². The van der Waals surface area contributed by atoms with Crippen LogP contribution in [0.4, 0.5) is 5.69 Å². The van der Waals surface area contributed by atoms with E-state index in [2.05, 4.69) is 12.2 Å². The Kier molecular flexibility index (Phi) is 4.07. The SMILES string of the molecule is COc1ccc(C(N)=S)c(NC(C)C2CCC2)c1. The highest BCUT2D eigenvalue weighted by atomic mass is 32.1. The third-order valence-corrected chi connectivity index (χ3v) is 3.95. The summed E-state index contributed by atoms with van der Waals surface area (Å²) in [5.74, 6) is 1.58. The second-order valence-corrected chi connectivity index (χ2v) is 5.34. The first-order valence-corrected chi connectivity index (χ1v) is 6.77. The fourth-order valence-corrected chi connectivity index (χ4v) is 2.47. The average molecular weight is 264 g/mol. The van der Waals surface area contributed by atoms with Crippen molar-refractivity contribution in [3.63, 3.8) is 0 Å². The molecule has 1 atom stereocenters. The molecule has 18 heavy (non-hydrogen) atoms. The zero-order chi connectivity index (χ0) is 13.1. The number of thiocarbonyl (C=S) groups is 1. The molecule has 0 spiro atoms. The number of methoxy groups -OCH3 is 1. The van der Waals surface area contributed by atoms with Crippen LogP contribution in [0, 0.1) is 5.92 Å². The first-order chi connectivity index (χ1) is 8.61. The van der Waals surface area contributed by atoms with Gasteiger partial charge in [-0.2, -0.15) is 0 Å². The molecule has 3 N–H and O–H groups in total. The molecule has 0 aliphatic heterocycles. The number of anilines is 1. The number of hydrogen-bond donors (Lipinski definition) is 2. The van der Waals surface area contributed by atoms with Gasteiger partial charge in [0.15, 0.2) is 0 Å². The lowest BCUT2D eigenvalue weighted by Crippen LogP contribution is -2.31. The van der Waals surface area contributed by atoms with E-state index < -0.39 is 0 Å². The highest BCUT2D eigenvalue weighted by Crippen LogP contribution is 2.32. The maximum absolute atomic E-state index is 5.76. The van der Waals surface area contributed by atoms with Gasteiger partial charge >= 0.3 is 0 Å². The first-order valence-electron chi connectivity index (χ1n) is 6.36. The molecule has 98 valence electrons. The van der Waals surface area contributed by atoms with Crippen molar-refractivity contribution in [3.8, 4) is 5.75 Å². The van der Waals surface area contributed by atoms with Gasteiger partial charge in [0.1, 0.15) is 10.7 Å². The Labute approximate surface area is 114 Å². The van der Waals surface area contributed by atoms with Gasteiger partial charge in [-0.25, -0.2) is 0 Å². The quantitative estimate of drug-likeness (QED) is 0.803. The molecule has 0 heterocycles. The molecule has 4 heteroatoms. The van der Waals surface area contributed by atoms with E-state index >= 15 is 0 Å². The minimum Gasteiger partial charge on any atom is -0.497 e. The fourth-order valence-electron chi connectivity index (χ4n) is 2.29. The highest BCUT2D eigenvalue weighted by Gasteiger charge is 2.24. The summed E-state index contributed by atoms with van der Waals surface area (Å²) in [5, 5.41) is 3.52. The number of nitrogens with one attached hydrogen (secondary N) is 1. The predicted molar refractivity (Wildman–Crippen MR) is 79.3 cm³/mol. The third kappa shape index (κ3) is 2.75. The topological polar surface area (TPSA) is 47.3 Å². The standard InChI is InChI=1S/C14H20N2OS/c1-9(10-4-3-5-10)16-13-8-11(17-2)6-7-12(13)14(15)18/h6-10,16H,3-5H2,1-2H3,(H2,15,18). The summed E-state index contributed by atoms with van der Waals surface area (Å²) in [4.78, 5) is 0.418. The fraction of sp³-hybridized carbons (Fsp3) is 0.500. The molecule has 1 unspecified atom stereocenters. The Morgan fingerprint density at radius 1 is 1.50 bits per heavy atom. The lowest BCUT2D eigenvalue weighted by atomic mass is 9.80. The minimum atomic E-state index is 0.418. The monoisotopic (exact) mass is 264 g/mol. The molecule has 1 fully saturated rings. The van der Waals surface area contributed by atoms with Gasteiger partial charge in [-0.05, 0) is 37.8 Å². The van der Waals surface area contributed by atoms with Crippen LogP contribution in [0.25, 0.3) is 0 Å². The zero-order valence-corrected chi connectivity index (χ0v) is 11.7. The van der Waals surface area contributed by atoms with Gasteiger partial charge in [-0.1, -0.05) is 18.6 Å². The van der Waals surface area contributed by atoms with Crippen molar-refractivity contribution in [3.05, 3.63) is 23.8 Å². The molecule has 0 amide bonds. The number of ether oxygens (including phenoxy) is 1. The normalized spacial score (nSPS) is 16.8. The Bertz CT molecular complexity index is 443. The highest BCUT2D eigenvalue weighted by molar-refractivity contribution is 7.80. The van der Waals surface area contributed by atoms with E-state index in [1.54, 1.807) is 7.11 Å². The molecule has 1 saturated carbocycles. The van der Waals surface area contributed by atoms with Gasteiger partial charge in [0.05, 0.1) is 7.11 Å². The molecule has 1 aliphatic rings. The van der Waals surface area contributed by atoms with Crippen LogP contribution in [0.3, 0.4) is 0 Å². The van der Waals surface area contributed by atoms with E-state index in [-0.39, 0.29) is 0 Å². The van der Waals surface area contributed by atoms with Crippen molar-refractivity contribution >= 4 is 22.9 Å².